The molecule has 1 N–H and O–H groups in total. The summed E-state index contributed by atoms with van der Waals surface area (Å²) in [7, 11) is 0. The van der Waals surface area contributed by atoms with Crippen LogP contribution in [0.25, 0.3) is 60.4 Å². The number of aromatic hydroxyl groups is 1. The third-order valence-corrected chi connectivity index (χ3v) is 6.74. The number of phenols is 1. The largest absolute Gasteiger partial charge is 0.507 e. The average Bonchev–Trinajstić information content (AvgIpc) is 3.23. The van der Waals surface area contributed by atoms with Crippen LogP contribution in [0.3, 0.4) is 0 Å². The van der Waals surface area contributed by atoms with Gasteiger partial charge in [-0.2, -0.15) is 0 Å². The fourth-order valence-electron chi connectivity index (χ4n) is 5.15. The van der Waals surface area contributed by atoms with E-state index in [0.717, 1.165) is 33.2 Å². The predicted molar refractivity (Wildman–Crippen MR) is 141 cm³/mol. The lowest BCUT2D eigenvalue weighted by Gasteiger charge is -2.09. The molecule has 0 aliphatic heterocycles. The lowest BCUT2D eigenvalue weighted by atomic mass is 9.99. The zero-order valence-electron chi connectivity index (χ0n) is 18.6. The van der Waals surface area contributed by atoms with Gasteiger partial charge in [0.05, 0.1) is 16.4 Å². The fourth-order valence-corrected chi connectivity index (χ4v) is 5.15. The molecule has 5 aromatic carbocycles. The van der Waals surface area contributed by atoms with Gasteiger partial charge in [0, 0.05) is 27.2 Å². The molecule has 4 nitrogen and oxygen atoms in total. The van der Waals surface area contributed by atoms with E-state index in [1.165, 1.54) is 5.39 Å². The van der Waals surface area contributed by atoms with Crippen LogP contribution in [0.1, 0.15) is 0 Å². The van der Waals surface area contributed by atoms with Crippen molar-refractivity contribution in [2.75, 3.05) is 0 Å². The Labute approximate surface area is 199 Å². The fraction of sp³-hybridized carbons (Fsp3) is 0. The Hall–Kier alpha value is -4.83. The molecule has 4 heteroatoms. The molecule has 0 aliphatic rings. The van der Waals surface area contributed by atoms with Crippen LogP contribution < -0.4 is 5.63 Å². The highest BCUT2D eigenvalue weighted by Gasteiger charge is 2.15. The molecule has 0 atom stereocenters. The van der Waals surface area contributed by atoms with Crippen molar-refractivity contribution in [3.05, 3.63) is 120 Å². The minimum absolute atomic E-state index is 0.0725. The van der Waals surface area contributed by atoms with E-state index in [-0.39, 0.29) is 5.75 Å². The highest BCUT2D eigenvalue weighted by atomic mass is 16.4. The standard InChI is InChI=1S/C31H19NO3/c33-28-12-6-10-24-30(28)23-15-13-20(18-29(23)35-31(24)34)19-14-16-27-25(17-19)22-9-4-5-11-26(22)32(27)21-7-2-1-3-8-21/h1-18,33H. The second-order valence-electron chi connectivity index (χ2n) is 8.72. The Morgan fingerprint density at radius 3 is 2.20 bits per heavy atom. The van der Waals surface area contributed by atoms with Gasteiger partial charge < -0.3 is 14.1 Å². The molecule has 0 fully saturated rings. The topological polar surface area (TPSA) is 55.4 Å². The lowest BCUT2D eigenvalue weighted by molar-refractivity contribution is 0.481. The number of nitrogens with zero attached hydrogens (tertiary/aromatic N) is 1. The summed E-state index contributed by atoms with van der Waals surface area (Å²) in [4.78, 5) is 12.6. The molecule has 2 aromatic heterocycles. The van der Waals surface area contributed by atoms with Gasteiger partial charge in [0.2, 0.25) is 0 Å². The molecule has 0 unspecified atom stereocenters. The first-order valence-electron chi connectivity index (χ1n) is 11.5. The SMILES string of the molecule is O=c1oc2cc(-c3ccc4c(c3)c3ccccc3n4-c3ccccc3)ccc2c2c(O)cccc12. The van der Waals surface area contributed by atoms with E-state index < -0.39 is 5.63 Å². The minimum atomic E-state index is -0.457. The van der Waals surface area contributed by atoms with Crippen LogP contribution in [0.4, 0.5) is 0 Å². The minimum Gasteiger partial charge on any atom is -0.507 e. The van der Waals surface area contributed by atoms with Gasteiger partial charge in [-0.3, -0.25) is 0 Å². The van der Waals surface area contributed by atoms with E-state index >= 15 is 0 Å². The molecule has 7 aromatic rings. The monoisotopic (exact) mass is 453 g/mol. The summed E-state index contributed by atoms with van der Waals surface area (Å²) in [6, 6.07) is 35.9. The number of phenolic OH excluding ortho intramolecular Hbond substituents is 1. The van der Waals surface area contributed by atoms with E-state index in [0.29, 0.717) is 21.7 Å². The molecule has 0 radical (unpaired) electrons. The maximum Gasteiger partial charge on any atom is 0.344 e. The van der Waals surface area contributed by atoms with E-state index in [9.17, 15) is 9.90 Å². The van der Waals surface area contributed by atoms with Gasteiger partial charge in [-0.25, -0.2) is 4.79 Å². The van der Waals surface area contributed by atoms with Crippen molar-refractivity contribution < 1.29 is 9.52 Å². The highest BCUT2D eigenvalue weighted by molar-refractivity contribution is 6.11. The molecular formula is C31H19NO3. The van der Waals surface area contributed by atoms with E-state index in [1.807, 2.05) is 24.3 Å². The lowest BCUT2D eigenvalue weighted by Crippen LogP contribution is -1.99. The summed E-state index contributed by atoms with van der Waals surface area (Å²) in [5.74, 6) is 0.0725. The summed E-state index contributed by atoms with van der Waals surface area (Å²) in [6.45, 7) is 0. The summed E-state index contributed by atoms with van der Waals surface area (Å²) in [5, 5.41) is 14.3. The number of para-hydroxylation sites is 2. The van der Waals surface area contributed by atoms with E-state index in [2.05, 4.69) is 71.3 Å². The summed E-state index contributed by atoms with van der Waals surface area (Å²) in [6.07, 6.45) is 0. The van der Waals surface area contributed by atoms with Crippen LogP contribution in [0.15, 0.2) is 118 Å². The first kappa shape index (κ1) is 19.6. The molecular weight excluding hydrogens is 434 g/mol. The molecule has 35 heavy (non-hydrogen) atoms. The van der Waals surface area contributed by atoms with Crippen LogP contribution in [-0.2, 0) is 0 Å². The van der Waals surface area contributed by atoms with Crippen molar-refractivity contribution >= 4 is 43.5 Å². The van der Waals surface area contributed by atoms with Crippen LogP contribution in [0, 0.1) is 0 Å². The second kappa shape index (κ2) is 7.34. The summed E-state index contributed by atoms with van der Waals surface area (Å²) >= 11 is 0. The van der Waals surface area contributed by atoms with Crippen molar-refractivity contribution in [3.8, 4) is 22.6 Å². The number of rotatable bonds is 2. The van der Waals surface area contributed by atoms with Gasteiger partial charge in [-0.1, -0.05) is 54.6 Å². The molecule has 166 valence electrons. The third kappa shape index (κ3) is 2.90. The summed E-state index contributed by atoms with van der Waals surface area (Å²) in [5.41, 5.74) is 5.35. The van der Waals surface area contributed by atoms with Crippen LogP contribution in [0.5, 0.6) is 5.75 Å². The van der Waals surface area contributed by atoms with E-state index in [1.54, 1.807) is 18.2 Å². The van der Waals surface area contributed by atoms with Gasteiger partial charge >= 0.3 is 5.63 Å². The number of benzene rings is 5. The third-order valence-electron chi connectivity index (χ3n) is 6.74. The molecule has 0 bridgehead atoms. The molecule has 0 saturated carbocycles. The van der Waals surface area contributed by atoms with Gasteiger partial charge in [-0.15, -0.1) is 0 Å². The van der Waals surface area contributed by atoms with Crippen LogP contribution in [-0.4, -0.2) is 9.67 Å². The molecule has 2 heterocycles. The van der Waals surface area contributed by atoms with Gasteiger partial charge in [-0.05, 0) is 65.7 Å². The van der Waals surface area contributed by atoms with Crippen LogP contribution >= 0.6 is 0 Å². The Morgan fingerprint density at radius 2 is 1.31 bits per heavy atom. The normalized spacial score (nSPS) is 11.7. The number of aromatic nitrogens is 1. The zero-order chi connectivity index (χ0) is 23.5. The number of hydrogen-bond donors (Lipinski definition) is 1. The number of hydrogen-bond acceptors (Lipinski definition) is 3. The predicted octanol–water partition coefficient (Wildman–Crippen LogP) is 7.42. The molecule has 0 spiro atoms. The van der Waals surface area contributed by atoms with Gasteiger partial charge in [0.1, 0.15) is 11.3 Å². The van der Waals surface area contributed by atoms with E-state index in [4.69, 9.17) is 4.42 Å². The van der Waals surface area contributed by atoms with Gasteiger partial charge in [0.25, 0.3) is 0 Å². The Bertz CT molecular complexity index is 1980. The first-order valence-corrected chi connectivity index (χ1v) is 11.5. The van der Waals surface area contributed by atoms with Crippen LogP contribution in [0.2, 0.25) is 0 Å². The van der Waals surface area contributed by atoms with Crippen molar-refractivity contribution in [2.45, 2.75) is 0 Å². The Balaban J connectivity index is 1.47. The molecule has 0 saturated heterocycles. The van der Waals surface area contributed by atoms with Gasteiger partial charge in [0.15, 0.2) is 0 Å². The molecule has 0 aliphatic carbocycles. The van der Waals surface area contributed by atoms with Crippen molar-refractivity contribution in [3.63, 3.8) is 0 Å². The summed E-state index contributed by atoms with van der Waals surface area (Å²) < 4.78 is 7.92. The molecule has 0 amide bonds. The maximum atomic E-state index is 12.6. The van der Waals surface area contributed by atoms with Crippen molar-refractivity contribution in [1.29, 1.82) is 0 Å². The smallest absolute Gasteiger partial charge is 0.344 e. The first-order chi connectivity index (χ1) is 17.2. The Morgan fingerprint density at radius 1 is 0.600 bits per heavy atom. The highest BCUT2D eigenvalue weighted by Crippen LogP contribution is 2.36. The van der Waals surface area contributed by atoms with Crippen molar-refractivity contribution in [2.24, 2.45) is 0 Å². The zero-order valence-corrected chi connectivity index (χ0v) is 18.6. The van der Waals surface area contributed by atoms with Crippen molar-refractivity contribution in [1.82, 2.24) is 4.57 Å². The Kier molecular flexibility index (Phi) is 4.11. The average molecular weight is 453 g/mol. The second-order valence-corrected chi connectivity index (χ2v) is 8.72. The maximum absolute atomic E-state index is 12.6. The quantitative estimate of drug-likeness (QED) is 0.219. The number of fused-ring (bicyclic) bond motifs is 6. The molecule has 7 rings (SSSR count).